The second-order valence-electron chi connectivity index (χ2n) is 4.21. The van der Waals surface area contributed by atoms with Gasteiger partial charge in [-0.05, 0) is 48.1 Å². The molecule has 2 heterocycles. The van der Waals surface area contributed by atoms with E-state index < -0.39 is 0 Å². The molecule has 1 saturated heterocycles. The first-order chi connectivity index (χ1) is 6.93. The summed E-state index contributed by atoms with van der Waals surface area (Å²) in [5, 5.41) is 3.44. The minimum absolute atomic E-state index is 0. The van der Waals surface area contributed by atoms with Crippen molar-refractivity contribution in [3.8, 4) is 0 Å². The van der Waals surface area contributed by atoms with E-state index in [1.807, 2.05) is 12.4 Å². The molecule has 0 spiro atoms. The van der Waals surface area contributed by atoms with Gasteiger partial charge in [0.05, 0.1) is 0 Å². The highest BCUT2D eigenvalue weighted by atomic mass is 35.5. The Kier molecular flexibility index (Phi) is 6.43. The molecule has 0 radical (unpaired) electrons. The van der Waals surface area contributed by atoms with Crippen molar-refractivity contribution < 1.29 is 0 Å². The Bertz CT molecular complexity index is 362. The number of pyridine rings is 1. The number of nitrogens with zero attached hydrogens (tertiary/aromatic N) is 1. The van der Waals surface area contributed by atoms with Crippen LogP contribution in [0.15, 0.2) is 30.6 Å². The van der Waals surface area contributed by atoms with Crippen molar-refractivity contribution in [1.82, 2.24) is 10.3 Å². The normalized spacial score (nSPS) is 24.8. The van der Waals surface area contributed by atoms with Gasteiger partial charge in [-0.1, -0.05) is 20.9 Å². The zero-order chi connectivity index (χ0) is 9.38. The van der Waals surface area contributed by atoms with Crippen molar-refractivity contribution in [3.63, 3.8) is 0 Å². The molecule has 3 heteroatoms. The fourth-order valence-electron chi connectivity index (χ4n) is 2.56. The van der Waals surface area contributed by atoms with Gasteiger partial charge in [-0.2, -0.15) is 0 Å². The summed E-state index contributed by atoms with van der Waals surface area (Å²) in [5.74, 6) is 1.62. The van der Waals surface area contributed by atoms with Crippen LogP contribution in [0.25, 0.3) is 5.57 Å². The first-order valence-corrected chi connectivity index (χ1v) is 5.25. The highest BCUT2D eigenvalue weighted by molar-refractivity contribution is 5.85. The molecule has 1 aromatic rings. The van der Waals surface area contributed by atoms with Gasteiger partial charge < -0.3 is 5.32 Å². The SMILES string of the molecule is C.C.C1=C(c2ccncc2)C[C@@H]2CNC[C@H]12.Cl. The first kappa shape index (κ1) is 16.1. The van der Waals surface area contributed by atoms with E-state index in [9.17, 15) is 0 Å². The molecule has 17 heavy (non-hydrogen) atoms. The smallest absolute Gasteiger partial charge is 0.0273 e. The number of rotatable bonds is 1. The van der Waals surface area contributed by atoms with Crippen LogP contribution in [0.4, 0.5) is 0 Å². The summed E-state index contributed by atoms with van der Waals surface area (Å²) in [7, 11) is 0. The lowest BCUT2D eigenvalue weighted by Crippen LogP contribution is -2.09. The molecule has 1 N–H and O–H groups in total. The summed E-state index contributed by atoms with van der Waals surface area (Å²) in [6.45, 7) is 2.36. The van der Waals surface area contributed by atoms with Crippen molar-refractivity contribution in [1.29, 1.82) is 0 Å². The Morgan fingerprint density at radius 1 is 1.12 bits per heavy atom. The quantitative estimate of drug-likeness (QED) is 0.831. The molecule has 1 fully saturated rings. The van der Waals surface area contributed by atoms with Gasteiger partial charge in [-0.3, -0.25) is 4.98 Å². The van der Waals surface area contributed by atoms with Gasteiger partial charge in [0.1, 0.15) is 0 Å². The van der Waals surface area contributed by atoms with Crippen molar-refractivity contribution >= 4 is 18.0 Å². The largest absolute Gasteiger partial charge is 0.316 e. The number of allylic oxidation sites excluding steroid dienone is 1. The molecule has 0 bridgehead atoms. The van der Waals surface area contributed by atoms with E-state index in [0.29, 0.717) is 0 Å². The van der Waals surface area contributed by atoms with E-state index in [2.05, 4.69) is 28.5 Å². The van der Waals surface area contributed by atoms with Gasteiger partial charge >= 0.3 is 0 Å². The highest BCUT2D eigenvalue weighted by Crippen LogP contribution is 2.37. The minimum atomic E-state index is 0. The van der Waals surface area contributed by atoms with E-state index in [4.69, 9.17) is 0 Å². The number of hydrogen-bond donors (Lipinski definition) is 1. The molecule has 0 aromatic carbocycles. The molecule has 3 rings (SSSR count). The number of hydrogen-bond acceptors (Lipinski definition) is 2. The zero-order valence-corrected chi connectivity index (χ0v) is 9.33. The molecular weight excluding hydrogens is 232 g/mol. The number of fused-ring (bicyclic) bond motifs is 1. The summed E-state index contributed by atoms with van der Waals surface area (Å²) in [4.78, 5) is 4.05. The number of aromatic nitrogens is 1. The summed E-state index contributed by atoms with van der Waals surface area (Å²) in [6.07, 6.45) is 7.44. The van der Waals surface area contributed by atoms with Gasteiger partial charge in [-0.25, -0.2) is 0 Å². The third kappa shape index (κ3) is 3.08. The van der Waals surface area contributed by atoms with Crippen molar-refractivity contribution in [2.45, 2.75) is 21.3 Å². The lowest BCUT2D eigenvalue weighted by atomic mass is 9.99. The number of halogens is 1. The Morgan fingerprint density at radius 3 is 2.47 bits per heavy atom. The van der Waals surface area contributed by atoms with Gasteiger partial charge in [0, 0.05) is 18.9 Å². The third-order valence-electron chi connectivity index (χ3n) is 3.34. The lowest BCUT2D eigenvalue weighted by Gasteiger charge is -2.05. The van der Waals surface area contributed by atoms with E-state index >= 15 is 0 Å². The molecule has 0 unspecified atom stereocenters. The van der Waals surface area contributed by atoms with E-state index in [-0.39, 0.29) is 27.3 Å². The van der Waals surface area contributed by atoms with Crippen LogP contribution in [0.3, 0.4) is 0 Å². The maximum absolute atomic E-state index is 4.05. The minimum Gasteiger partial charge on any atom is -0.316 e. The lowest BCUT2D eigenvalue weighted by molar-refractivity contribution is 0.536. The summed E-state index contributed by atoms with van der Waals surface area (Å²) in [6, 6.07) is 4.22. The zero-order valence-electron chi connectivity index (χ0n) is 8.52. The molecule has 0 amide bonds. The fourth-order valence-corrected chi connectivity index (χ4v) is 2.56. The van der Waals surface area contributed by atoms with Crippen LogP contribution in [0, 0.1) is 11.8 Å². The molecule has 2 aliphatic rings. The van der Waals surface area contributed by atoms with Crippen molar-refractivity contribution in [2.75, 3.05) is 13.1 Å². The van der Waals surface area contributed by atoms with Crippen LogP contribution >= 0.6 is 12.4 Å². The highest BCUT2D eigenvalue weighted by Gasteiger charge is 2.31. The monoisotopic (exact) mass is 254 g/mol. The third-order valence-corrected chi connectivity index (χ3v) is 3.34. The van der Waals surface area contributed by atoms with Crippen molar-refractivity contribution in [3.05, 3.63) is 36.2 Å². The first-order valence-electron chi connectivity index (χ1n) is 5.25. The number of nitrogens with one attached hydrogen (secondary N) is 1. The standard InChI is InChI=1S/C12H14N2.2CH4.ClH/c1-3-13-4-2-9(1)10-5-11-7-14-8-12(11)6-10;;;/h1-5,11-12,14H,6-8H2;2*1H4;1H/t11-,12+;;;/m0.../s1. The van der Waals surface area contributed by atoms with E-state index in [1.165, 1.54) is 30.6 Å². The predicted octanol–water partition coefficient (Wildman–Crippen LogP) is 3.40. The molecule has 2 atom stereocenters. The predicted molar refractivity (Wildman–Crippen MR) is 77.4 cm³/mol. The molecule has 2 nitrogen and oxygen atoms in total. The van der Waals surface area contributed by atoms with Crippen LogP contribution in [-0.2, 0) is 0 Å². The summed E-state index contributed by atoms with van der Waals surface area (Å²) >= 11 is 0. The molecule has 1 aliphatic heterocycles. The van der Waals surface area contributed by atoms with Crippen molar-refractivity contribution in [2.24, 2.45) is 11.8 Å². The van der Waals surface area contributed by atoms with Crippen LogP contribution in [0.2, 0.25) is 0 Å². The van der Waals surface area contributed by atoms with Gasteiger partial charge in [-0.15, -0.1) is 12.4 Å². The summed E-state index contributed by atoms with van der Waals surface area (Å²) < 4.78 is 0. The maximum Gasteiger partial charge on any atom is 0.0273 e. The average Bonchev–Trinajstić information content (AvgIpc) is 2.78. The molecule has 96 valence electrons. The van der Waals surface area contributed by atoms with Crippen LogP contribution < -0.4 is 5.32 Å². The average molecular weight is 255 g/mol. The van der Waals surface area contributed by atoms with Gasteiger partial charge in [0.15, 0.2) is 0 Å². The second kappa shape index (κ2) is 6.77. The van der Waals surface area contributed by atoms with Crippen LogP contribution in [0.5, 0.6) is 0 Å². The second-order valence-corrected chi connectivity index (χ2v) is 4.21. The molecule has 0 saturated carbocycles. The summed E-state index contributed by atoms with van der Waals surface area (Å²) in [5.41, 5.74) is 2.87. The Labute approximate surface area is 111 Å². The van der Waals surface area contributed by atoms with Gasteiger partial charge in [0.2, 0.25) is 0 Å². The molecule has 1 aliphatic carbocycles. The molecule has 1 aromatic heterocycles. The Hall–Kier alpha value is -0.860. The van der Waals surface area contributed by atoms with E-state index in [0.717, 1.165) is 11.8 Å². The Balaban J connectivity index is 0.000000853. The topological polar surface area (TPSA) is 24.9 Å². The fraction of sp³-hybridized carbons (Fsp3) is 0.500. The van der Waals surface area contributed by atoms with Crippen LogP contribution in [0.1, 0.15) is 26.8 Å². The van der Waals surface area contributed by atoms with Crippen LogP contribution in [-0.4, -0.2) is 18.1 Å². The van der Waals surface area contributed by atoms with Gasteiger partial charge in [0.25, 0.3) is 0 Å². The maximum atomic E-state index is 4.05. The van der Waals surface area contributed by atoms with E-state index in [1.54, 1.807) is 0 Å². The molecular formula is C14H23ClN2. The Morgan fingerprint density at radius 2 is 1.82 bits per heavy atom.